The lowest BCUT2D eigenvalue weighted by Crippen LogP contribution is -2.41. The van der Waals surface area contributed by atoms with Crippen LogP contribution in [-0.2, 0) is 14.4 Å². The third-order valence-corrected chi connectivity index (χ3v) is 3.97. The lowest BCUT2D eigenvalue weighted by atomic mass is 10.1. The fourth-order valence-electron chi connectivity index (χ4n) is 2.25. The summed E-state index contributed by atoms with van der Waals surface area (Å²) >= 11 is 0. The highest BCUT2D eigenvalue weighted by Crippen LogP contribution is 2.14. The van der Waals surface area contributed by atoms with Gasteiger partial charge in [-0.25, -0.2) is 0 Å². The summed E-state index contributed by atoms with van der Waals surface area (Å²) in [4.78, 5) is 35.1. The maximum absolute atomic E-state index is 11.9. The number of carbonyl (C=O) groups excluding carboxylic acids is 3. The van der Waals surface area contributed by atoms with Gasteiger partial charge in [-0.3, -0.25) is 25.2 Å². The van der Waals surface area contributed by atoms with E-state index < -0.39 is 0 Å². The van der Waals surface area contributed by atoms with E-state index in [0.717, 1.165) is 36.8 Å². The van der Waals surface area contributed by atoms with Crippen LogP contribution < -0.4 is 16.2 Å². The van der Waals surface area contributed by atoms with Gasteiger partial charge < -0.3 is 5.32 Å². The Morgan fingerprint density at radius 1 is 0.800 bits per heavy atom. The second-order valence-corrected chi connectivity index (χ2v) is 6.25. The third-order valence-electron chi connectivity index (χ3n) is 3.97. The number of aryl methyl sites for hydroxylation is 2. The maximum Gasteiger partial charge on any atom is 0.238 e. The smallest absolute Gasteiger partial charge is 0.238 e. The zero-order valence-corrected chi connectivity index (χ0v) is 15.4. The molecule has 0 radical (unpaired) electrons. The highest BCUT2D eigenvalue weighted by molar-refractivity contribution is 5.93. The van der Waals surface area contributed by atoms with Crippen LogP contribution in [0.3, 0.4) is 0 Å². The van der Waals surface area contributed by atoms with Crippen molar-refractivity contribution >= 4 is 23.4 Å². The van der Waals surface area contributed by atoms with Crippen molar-refractivity contribution in [1.29, 1.82) is 0 Å². The lowest BCUT2D eigenvalue weighted by Gasteiger charge is -2.09. The van der Waals surface area contributed by atoms with E-state index in [4.69, 9.17) is 0 Å². The van der Waals surface area contributed by atoms with E-state index in [1.165, 1.54) is 0 Å². The molecule has 0 fully saturated rings. The first-order chi connectivity index (χ1) is 11.9. The molecule has 0 aliphatic carbocycles. The normalized spacial score (nSPS) is 10.2. The zero-order chi connectivity index (χ0) is 18.7. The number of nitrogens with one attached hydrogen (secondary N) is 3. The Kier molecular flexibility index (Phi) is 9.29. The molecule has 0 aromatic heterocycles. The average Bonchev–Trinajstić information content (AvgIpc) is 2.58. The molecule has 138 valence electrons. The zero-order valence-electron chi connectivity index (χ0n) is 15.4. The number of hydrogen-bond donors (Lipinski definition) is 3. The molecule has 1 aromatic carbocycles. The summed E-state index contributed by atoms with van der Waals surface area (Å²) in [6.45, 7) is 6.09. The van der Waals surface area contributed by atoms with Gasteiger partial charge in [0.15, 0.2) is 0 Å². The second kappa shape index (κ2) is 11.2. The highest BCUT2D eigenvalue weighted by atomic mass is 16.2. The van der Waals surface area contributed by atoms with Crippen molar-refractivity contribution in [2.45, 2.75) is 65.7 Å². The molecule has 25 heavy (non-hydrogen) atoms. The van der Waals surface area contributed by atoms with Gasteiger partial charge in [-0.1, -0.05) is 32.3 Å². The summed E-state index contributed by atoms with van der Waals surface area (Å²) < 4.78 is 0. The van der Waals surface area contributed by atoms with Crippen molar-refractivity contribution in [3.8, 4) is 0 Å². The predicted octanol–water partition coefficient (Wildman–Crippen LogP) is 3.14. The standard InChI is InChI=1S/C19H29N3O3/c1-4-5-6-7-8-18(24)21-22-19(25)12-11-17(23)20-16-10-9-14(2)15(3)13-16/h9-10,13H,4-8,11-12H2,1-3H3,(H,20,23)(H,21,24)(H,22,25). The first kappa shape index (κ1) is 20.7. The molecule has 1 aromatic rings. The molecule has 0 saturated carbocycles. The summed E-state index contributed by atoms with van der Waals surface area (Å²) in [7, 11) is 0. The molecule has 6 heteroatoms. The molecule has 0 aliphatic heterocycles. The van der Waals surface area contributed by atoms with Crippen molar-refractivity contribution in [3.05, 3.63) is 29.3 Å². The summed E-state index contributed by atoms with van der Waals surface area (Å²) in [5, 5.41) is 2.76. The van der Waals surface area contributed by atoms with Gasteiger partial charge in [-0.15, -0.1) is 0 Å². The largest absolute Gasteiger partial charge is 0.326 e. The summed E-state index contributed by atoms with van der Waals surface area (Å²) in [6, 6.07) is 5.67. The second-order valence-electron chi connectivity index (χ2n) is 6.25. The number of hydrogen-bond acceptors (Lipinski definition) is 3. The summed E-state index contributed by atoms with van der Waals surface area (Å²) in [5.41, 5.74) is 7.68. The van der Waals surface area contributed by atoms with Crippen molar-refractivity contribution < 1.29 is 14.4 Å². The van der Waals surface area contributed by atoms with Gasteiger partial charge in [0.2, 0.25) is 17.7 Å². The highest BCUT2D eigenvalue weighted by Gasteiger charge is 2.09. The van der Waals surface area contributed by atoms with Crippen molar-refractivity contribution in [2.75, 3.05) is 5.32 Å². The summed E-state index contributed by atoms with van der Waals surface area (Å²) in [5.74, 6) is -0.814. The first-order valence-corrected chi connectivity index (χ1v) is 8.87. The number of rotatable bonds is 9. The van der Waals surface area contributed by atoms with Gasteiger partial charge in [0.05, 0.1) is 0 Å². The van der Waals surface area contributed by atoms with Crippen LogP contribution in [0.1, 0.15) is 63.0 Å². The Bertz CT molecular complexity index is 600. The van der Waals surface area contributed by atoms with Crippen LogP contribution in [0.15, 0.2) is 18.2 Å². The molecule has 0 heterocycles. The molecular formula is C19H29N3O3. The number of unbranched alkanes of at least 4 members (excludes halogenated alkanes) is 3. The molecule has 0 saturated heterocycles. The Hall–Kier alpha value is -2.37. The molecule has 1 rings (SSSR count). The number of amides is 3. The molecular weight excluding hydrogens is 318 g/mol. The number of carbonyl (C=O) groups is 3. The summed E-state index contributed by atoms with van der Waals surface area (Å²) in [6.07, 6.45) is 4.52. The molecule has 0 atom stereocenters. The average molecular weight is 347 g/mol. The SMILES string of the molecule is CCCCCCC(=O)NNC(=O)CCC(=O)Nc1ccc(C)c(C)c1. The third kappa shape index (κ3) is 8.88. The van der Waals surface area contributed by atoms with Crippen LogP contribution in [0.25, 0.3) is 0 Å². The van der Waals surface area contributed by atoms with E-state index in [1.807, 2.05) is 32.0 Å². The number of anilines is 1. The molecule has 3 amide bonds. The van der Waals surface area contributed by atoms with E-state index in [-0.39, 0.29) is 30.6 Å². The topological polar surface area (TPSA) is 87.3 Å². The fraction of sp³-hybridized carbons (Fsp3) is 0.526. The van der Waals surface area contributed by atoms with Crippen LogP contribution in [-0.4, -0.2) is 17.7 Å². The number of benzene rings is 1. The van der Waals surface area contributed by atoms with Crippen LogP contribution in [0.4, 0.5) is 5.69 Å². The quantitative estimate of drug-likeness (QED) is 0.474. The van der Waals surface area contributed by atoms with E-state index in [2.05, 4.69) is 23.1 Å². The van der Waals surface area contributed by atoms with Gasteiger partial charge in [0.25, 0.3) is 0 Å². The van der Waals surface area contributed by atoms with E-state index >= 15 is 0 Å². The molecule has 0 unspecified atom stereocenters. The number of hydrazine groups is 1. The van der Waals surface area contributed by atoms with Gasteiger partial charge in [-0.05, 0) is 43.5 Å². The molecule has 6 nitrogen and oxygen atoms in total. The van der Waals surface area contributed by atoms with Gasteiger partial charge in [0.1, 0.15) is 0 Å². The van der Waals surface area contributed by atoms with E-state index in [0.29, 0.717) is 12.1 Å². The van der Waals surface area contributed by atoms with Gasteiger partial charge in [0, 0.05) is 24.9 Å². The monoisotopic (exact) mass is 347 g/mol. The van der Waals surface area contributed by atoms with Crippen molar-refractivity contribution in [2.24, 2.45) is 0 Å². The van der Waals surface area contributed by atoms with E-state index in [9.17, 15) is 14.4 Å². The Balaban J connectivity index is 2.21. The van der Waals surface area contributed by atoms with Crippen molar-refractivity contribution in [1.82, 2.24) is 10.9 Å². The van der Waals surface area contributed by atoms with Crippen LogP contribution in [0.2, 0.25) is 0 Å². The fourth-order valence-corrected chi connectivity index (χ4v) is 2.25. The van der Waals surface area contributed by atoms with Crippen LogP contribution in [0.5, 0.6) is 0 Å². The Labute approximate surface area is 149 Å². The van der Waals surface area contributed by atoms with Crippen LogP contribution in [0, 0.1) is 13.8 Å². The minimum Gasteiger partial charge on any atom is -0.326 e. The molecule has 0 spiro atoms. The van der Waals surface area contributed by atoms with Crippen LogP contribution >= 0.6 is 0 Å². The lowest BCUT2D eigenvalue weighted by molar-refractivity contribution is -0.129. The molecule has 0 bridgehead atoms. The molecule has 0 aliphatic rings. The van der Waals surface area contributed by atoms with E-state index in [1.54, 1.807) is 0 Å². The maximum atomic E-state index is 11.9. The minimum absolute atomic E-state index is 0.0206. The van der Waals surface area contributed by atoms with Gasteiger partial charge >= 0.3 is 0 Å². The molecule has 3 N–H and O–H groups in total. The predicted molar refractivity (Wildman–Crippen MR) is 98.8 cm³/mol. The van der Waals surface area contributed by atoms with Crippen molar-refractivity contribution in [3.63, 3.8) is 0 Å². The Morgan fingerprint density at radius 2 is 1.44 bits per heavy atom. The van der Waals surface area contributed by atoms with Gasteiger partial charge in [-0.2, -0.15) is 0 Å². The first-order valence-electron chi connectivity index (χ1n) is 8.87. The minimum atomic E-state index is -0.378. The Morgan fingerprint density at radius 3 is 2.08 bits per heavy atom.